The van der Waals surface area contributed by atoms with Gasteiger partial charge in [-0.05, 0) is 24.7 Å². The SMILES string of the molecule is CCNC(Cc1ccccn1)c1ccccc1F. The number of likely N-dealkylation sites (N-methyl/N-ethyl adjacent to an activating group) is 1. The van der Waals surface area contributed by atoms with E-state index < -0.39 is 0 Å². The maximum Gasteiger partial charge on any atom is 0.127 e. The second kappa shape index (κ2) is 6.26. The number of hydrogen-bond acceptors (Lipinski definition) is 2. The number of rotatable bonds is 5. The van der Waals surface area contributed by atoms with Gasteiger partial charge in [-0.15, -0.1) is 0 Å². The molecule has 0 bridgehead atoms. The second-order valence-electron chi connectivity index (χ2n) is 4.16. The van der Waals surface area contributed by atoms with Gasteiger partial charge in [-0.25, -0.2) is 4.39 Å². The van der Waals surface area contributed by atoms with E-state index in [2.05, 4.69) is 10.3 Å². The van der Waals surface area contributed by atoms with Crippen molar-refractivity contribution in [1.82, 2.24) is 10.3 Å². The van der Waals surface area contributed by atoms with Crippen molar-refractivity contribution in [3.8, 4) is 0 Å². The highest BCUT2D eigenvalue weighted by Crippen LogP contribution is 2.20. The highest BCUT2D eigenvalue weighted by atomic mass is 19.1. The third-order valence-corrected chi connectivity index (χ3v) is 2.87. The summed E-state index contributed by atoms with van der Waals surface area (Å²) in [4.78, 5) is 4.29. The van der Waals surface area contributed by atoms with E-state index in [0.29, 0.717) is 12.0 Å². The van der Waals surface area contributed by atoms with Crippen LogP contribution in [0.4, 0.5) is 4.39 Å². The van der Waals surface area contributed by atoms with E-state index in [9.17, 15) is 4.39 Å². The second-order valence-corrected chi connectivity index (χ2v) is 4.16. The standard InChI is InChI=1S/C15H17FN2/c1-2-17-15(11-12-7-5-6-10-18-12)13-8-3-4-9-14(13)16/h3-10,15,17H,2,11H2,1H3. The van der Waals surface area contributed by atoms with Gasteiger partial charge < -0.3 is 5.32 Å². The van der Waals surface area contributed by atoms with Crippen LogP contribution in [0.1, 0.15) is 24.2 Å². The minimum Gasteiger partial charge on any atom is -0.310 e. The van der Waals surface area contributed by atoms with Gasteiger partial charge in [0.1, 0.15) is 5.82 Å². The zero-order chi connectivity index (χ0) is 12.8. The topological polar surface area (TPSA) is 24.9 Å². The first kappa shape index (κ1) is 12.7. The summed E-state index contributed by atoms with van der Waals surface area (Å²) in [5.74, 6) is -0.167. The quantitative estimate of drug-likeness (QED) is 0.874. The average Bonchev–Trinajstić information content (AvgIpc) is 2.40. The van der Waals surface area contributed by atoms with Crippen molar-refractivity contribution in [3.63, 3.8) is 0 Å². The first-order valence-corrected chi connectivity index (χ1v) is 6.19. The van der Waals surface area contributed by atoms with Gasteiger partial charge >= 0.3 is 0 Å². The van der Waals surface area contributed by atoms with Crippen molar-refractivity contribution in [2.24, 2.45) is 0 Å². The Morgan fingerprint density at radius 1 is 1.17 bits per heavy atom. The van der Waals surface area contributed by atoms with Gasteiger partial charge in [-0.3, -0.25) is 4.98 Å². The summed E-state index contributed by atoms with van der Waals surface area (Å²) in [6.45, 7) is 2.82. The lowest BCUT2D eigenvalue weighted by molar-refractivity contribution is 0.506. The number of nitrogens with zero attached hydrogens (tertiary/aromatic N) is 1. The average molecular weight is 244 g/mol. The van der Waals surface area contributed by atoms with Crippen LogP contribution in [0.25, 0.3) is 0 Å². The van der Waals surface area contributed by atoms with Gasteiger partial charge in [0.25, 0.3) is 0 Å². The minimum atomic E-state index is -0.167. The van der Waals surface area contributed by atoms with E-state index in [1.54, 1.807) is 12.3 Å². The molecule has 0 aliphatic carbocycles. The van der Waals surface area contributed by atoms with Crippen molar-refractivity contribution in [3.05, 3.63) is 65.7 Å². The van der Waals surface area contributed by atoms with Crippen LogP contribution >= 0.6 is 0 Å². The van der Waals surface area contributed by atoms with Crippen molar-refractivity contribution in [2.75, 3.05) is 6.54 Å². The number of pyridine rings is 1. The molecule has 0 fully saturated rings. The fourth-order valence-corrected chi connectivity index (χ4v) is 2.02. The Balaban J connectivity index is 2.21. The molecule has 1 aromatic carbocycles. The van der Waals surface area contributed by atoms with Crippen molar-refractivity contribution in [1.29, 1.82) is 0 Å². The molecule has 1 N–H and O–H groups in total. The molecule has 0 amide bonds. The molecule has 0 saturated carbocycles. The highest BCUT2D eigenvalue weighted by molar-refractivity contribution is 5.23. The summed E-state index contributed by atoms with van der Waals surface area (Å²) >= 11 is 0. The molecule has 3 heteroatoms. The van der Waals surface area contributed by atoms with Gasteiger partial charge in [0, 0.05) is 29.9 Å². The van der Waals surface area contributed by atoms with E-state index >= 15 is 0 Å². The fourth-order valence-electron chi connectivity index (χ4n) is 2.02. The Labute approximate surface area is 107 Å². The summed E-state index contributed by atoms with van der Waals surface area (Å²) in [5, 5.41) is 3.31. The van der Waals surface area contributed by atoms with Crippen LogP contribution in [-0.4, -0.2) is 11.5 Å². The van der Waals surface area contributed by atoms with Crippen LogP contribution in [0.5, 0.6) is 0 Å². The molecule has 2 nitrogen and oxygen atoms in total. The number of aromatic nitrogens is 1. The molecule has 1 heterocycles. The molecule has 0 radical (unpaired) electrons. The monoisotopic (exact) mass is 244 g/mol. The normalized spacial score (nSPS) is 12.3. The predicted octanol–water partition coefficient (Wildman–Crippen LogP) is 3.11. The molecule has 2 rings (SSSR count). The van der Waals surface area contributed by atoms with E-state index in [-0.39, 0.29) is 11.9 Å². The molecule has 0 aliphatic rings. The van der Waals surface area contributed by atoms with Gasteiger partial charge in [0.2, 0.25) is 0 Å². The Morgan fingerprint density at radius 2 is 1.94 bits per heavy atom. The molecule has 1 aromatic heterocycles. The zero-order valence-electron chi connectivity index (χ0n) is 10.4. The lowest BCUT2D eigenvalue weighted by Crippen LogP contribution is -2.24. The molecular formula is C15H17FN2. The highest BCUT2D eigenvalue weighted by Gasteiger charge is 2.15. The molecule has 1 atom stereocenters. The number of benzene rings is 1. The third-order valence-electron chi connectivity index (χ3n) is 2.87. The minimum absolute atomic E-state index is 0.0360. The summed E-state index contributed by atoms with van der Waals surface area (Å²) in [7, 11) is 0. The van der Waals surface area contributed by atoms with E-state index in [4.69, 9.17) is 0 Å². The van der Waals surface area contributed by atoms with Crippen molar-refractivity contribution < 1.29 is 4.39 Å². The lowest BCUT2D eigenvalue weighted by Gasteiger charge is -2.18. The van der Waals surface area contributed by atoms with Gasteiger partial charge in [-0.2, -0.15) is 0 Å². The molecule has 0 spiro atoms. The Bertz CT molecular complexity index is 485. The Morgan fingerprint density at radius 3 is 2.61 bits per heavy atom. The Kier molecular flexibility index (Phi) is 4.42. The molecule has 0 saturated heterocycles. The lowest BCUT2D eigenvalue weighted by atomic mass is 10.0. The molecule has 94 valence electrons. The fraction of sp³-hybridized carbons (Fsp3) is 0.267. The van der Waals surface area contributed by atoms with Crippen LogP contribution in [0.2, 0.25) is 0 Å². The van der Waals surface area contributed by atoms with Gasteiger partial charge in [-0.1, -0.05) is 31.2 Å². The number of halogens is 1. The number of nitrogens with one attached hydrogen (secondary N) is 1. The smallest absolute Gasteiger partial charge is 0.127 e. The number of hydrogen-bond donors (Lipinski definition) is 1. The third kappa shape index (κ3) is 3.14. The van der Waals surface area contributed by atoms with Crippen LogP contribution < -0.4 is 5.32 Å². The molecule has 1 unspecified atom stereocenters. The van der Waals surface area contributed by atoms with E-state index in [1.807, 2.05) is 37.3 Å². The largest absolute Gasteiger partial charge is 0.310 e. The van der Waals surface area contributed by atoms with Crippen LogP contribution in [0.15, 0.2) is 48.7 Å². The van der Waals surface area contributed by atoms with Crippen LogP contribution in [0, 0.1) is 5.82 Å². The molecular weight excluding hydrogens is 227 g/mol. The zero-order valence-corrected chi connectivity index (χ0v) is 10.4. The van der Waals surface area contributed by atoms with Crippen LogP contribution in [-0.2, 0) is 6.42 Å². The first-order valence-electron chi connectivity index (χ1n) is 6.19. The van der Waals surface area contributed by atoms with Gasteiger partial charge in [0.15, 0.2) is 0 Å². The van der Waals surface area contributed by atoms with Gasteiger partial charge in [0.05, 0.1) is 0 Å². The van der Waals surface area contributed by atoms with Crippen LogP contribution in [0.3, 0.4) is 0 Å². The maximum atomic E-state index is 13.8. The van der Waals surface area contributed by atoms with Crippen molar-refractivity contribution in [2.45, 2.75) is 19.4 Å². The summed E-state index contributed by atoms with van der Waals surface area (Å²) in [6, 6.07) is 12.7. The van der Waals surface area contributed by atoms with E-state index in [1.165, 1.54) is 6.07 Å². The Hall–Kier alpha value is -1.74. The first-order chi connectivity index (χ1) is 8.81. The molecule has 2 aromatic rings. The summed E-state index contributed by atoms with van der Waals surface area (Å²) < 4.78 is 13.8. The van der Waals surface area contributed by atoms with Crippen molar-refractivity contribution >= 4 is 0 Å². The van der Waals surface area contributed by atoms with E-state index in [0.717, 1.165) is 12.2 Å². The maximum absolute atomic E-state index is 13.8. The summed E-state index contributed by atoms with van der Waals surface area (Å²) in [5.41, 5.74) is 1.66. The molecule has 0 aliphatic heterocycles. The predicted molar refractivity (Wildman–Crippen MR) is 70.8 cm³/mol. The molecule has 18 heavy (non-hydrogen) atoms. The summed E-state index contributed by atoms with van der Waals surface area (Å²) in [6.07, 6.45) is 2.45.